The first-order chi connectivity index (χ1) is 14.0. The molecule has 7 nitrogen and oxygen atoms in total. The molecule has 2 rings (SSSR count). The molecule has 0 aromatic heterocycles. The fourth-order valence-electron chi connectivity index (χ4n) is 2.90. The van der Waals surface area contributed by atoms with Crippen LogP contribution < -0.4 is 9.62 Å². The predicted molar refractivity (Wildman–Crippen MR) is 119 cm³/mol. The Morgan fingerprint density at radius 1 is 1.07 bits per heavy atom. The average Bonchev–Trinajstić information content (AvgIpc) is 2.70. The van der Waals surface area contributed by atoms with Crippen molar-refractivity contribution in [2.45, 2.75) is 26.4 Å². The predicted octanol–water partition coefficient (Wildman–Crippen LogP) is 2.58. The Hall–Kier alpha value is -2.58. The summed E-state index contributed by atoms with van der Waals surface area (Å²) in [7, 11) is -2.24. The molecule has 0 aliphatic heterocycles. The molecule has 0 aliphatic carbocycles. The van der Waals surface area contributed by atoms with E-state index < -0.39 is 28.5 Å². The zero-order chi connectivity index (χ0) is 22.5. The van der Waals surface area contributed by atoms with Crippen molar-refractivity contribution in [2.24, 2.45) is 0 Å². The molecule has 0 radical (unpaired) electrons. The number of carbonyl (C=O) groups excluding carboxylic acids is 2. The van der Waals surface area contributed by atoms with E-state index in [9.17, 15) is 18.0 Å². The van der Waals surface area contributed by atoms with Crippen LogP contribution in [0.25, 0.3) is 0 Å². The summed E-state index contributed by atoms with van der Waals surface area (Å²) in [6.45, 7) is 3.20. The van der Waals surface area contributed by atoms with Crippen LogP contribution in [-0.4, -0.2) is 51.0 Å². The Bertz CT molecular complexity index is 992. The Labute approximate surface area is 182 Å². The molecule has 2 aromatic carbocycles. The van der Waals surface area contributed by atoms with Gasteiger partial charge < -0.3 is 10.2 Å². The number of sulfonamides is 1. The third-order valence-electron chi connectivity index (χ3n) is 4.68. The molecule has 0 saturated carbocycles. The highest BCUT2D eigenvalue weighted by Gasteiger charge is 2.29. The minimum absolute atomic E-state index is 0.135. The van der Waals surface area contributed by atoms with Crippen LogP contribution in [0.1, 0.15) is 18.1 Å². The van der Waals surface area contributed by atoms with Crippen LogP contribution in [0.4, 0.5) is 5.69 Å². The number of likely N-dealkylation sites (N-methyl/N-ethyl adjacent to an activating group) is 1. The lowest BCUT2D eigenvalue weighted by molar-refractivity contribution is -0.139. The van der Waals surface area contributed by atoms with Gasteiger partial charge >= 0.3 is 0 Å². The van der Waals surface area contributed by atoms with Crippen LogP contribution >= 0.6 is 11.6 Å². The summed E-state index contributed by atoms with van der Waals surface area (Å²) in [5.41, 5.74) is 2.12. The molecular weight excluding hydrogens is 426 g/mol. The topological polar surface area (TPSA) is 86.8 Å². The zero-order valence-corrected chi connectivity index (χ0v) is 19.0. The van der Waals surface area contributed by atoms with Crippen molar-refractivity contribution in [3.8, 4) is 0 Å². The molecule has 2 amide bonds. The maximum atomic E-state index is 13.2. The van der Waals surface area contributed by atoms with Crippen LogP contribution in [-0.2, 0) is 26.2 Å². The van der Waals surface area contributed by atoms with E-state index in [2.05, 4.69) is 5.32 Å². The van der Waals surface area contributed by atoms with Gasteiger partial charge in [0.15, 0.2) is 0 Å². The average molecular weight is 452 g/mol. The van der Waals surface area contributed by atoms with Crippen molar-refractivity contribution in [3.05, 3.63) is 64.7 Å². The third-order valence-corrected chi connectivity index (χ3v) is 6.07. The van der Waals surface area contributed by atoms with Crippen molar-refractivity contribution in [1.82, 2.24) is 10.2 Å². The number of halogens is 1. The first-order valence-corrected chi connectivity index (χ1v) is 11.6. The number of benzene rings is 2. The molecule has 1 atom stereocenters. The molecule has 0 bridgehead atoms. The van der Waals surface area contributed by atoms with Crippen LogP contribution in [0.15, 0.2) is 48.5 Å². The number of nitrogens with zero attached hydrogens (tertiary/aromatic N) is 2. The van der Waals surface area contributed by atoms with Gasteiger partial charge in [0.05, 0.1) is 11.9 Å². The van der Waals surface area contributed by atoms with Gasteiger partial charge in [0.1, 0.15) is 12.6 Å². The van der Waals surface area contributed by atoms with Gasteiger partial charge in [-0.15, -0.1) is 0 Å². The van der Waals surface area contributed by atoms with Crippen LogP contribution in [0.5, 0.6) is 0 Å². The minimum atomic E-state index is -3.72. The van der Waals surface area contributed by atoms with Crippen molar-refractivity contribution >= 4 is 39.1 Å². The van der Waals surface area contributed by atoms with Crippen molar-refractivity contribution in [1.29, 1.82) is 0 Å². The molecule has 162 valence electrons. The molecule has 30 heavy (non-hydrogen) atoms. The van der Waals surface area contributed by atoms with Gasteiger partial charge in [-0.25, -0.2) is 8.42 Å². The quantitative estimate of drug-likeness (QED) is 0.668. The molecule has 2 aromatic rings. The van der Waals surface area contributed by atoms with Gasteiger partial charge in [-0.05, 0) is 43.7 Å². The highest BCUT2D eigenvalue weighted by Crippen LogP contribution is 2.20. The fraction of sp³-hybridized carbons (Fsp3) is 0.333. The Kier molecular flexibility index (Phi) is 7.86. The Morgan fingerprint density at radius 3 is 2.13 bits per heavy atom. The lowest BCUT2D eigenvalue weighted by Crippen LogP contribution is -2.50. The zero-order valence-electron chi connectivity index (χ0n) is 17.4. The molecule has 9 heteroatoms. The van der Waals surface area contributed by atoms with E-state index in [0.29, 0.717) is 10.7 Å². The van der Waals surface area contributed by atoms with Crippen LogP contribution in [0, 0.1) is 6.92 Å². The Balaban J connectivity index is 2.35. The molecule has 0 fully saturated rings. The summed E-state index contributed by atoms with van der Waals surface area (Å²) in [6, 6.07) is 13.0. The summed E-state index contributed by atoms with van der Waals surface area (Å²) in [5, 5.41) is 3.08. The SMILES string of the molecule is CNC(=O)[C@H](C)N(Cc1ccc(Cl)cc1)C(=O)CN(c1ccc(C)cc1)S(C)(=O)=O. The number of carbonyl (C=O) groups is 2. The number of aryl methyl sites for hydroxylation is 1. The summed E-state index contributed by atoms with van der Waals surface area (Å²) in [6.07, 6.45) is 1.05. The molecule has 0 spiro atoms. The van der Waals surface area contributed by atoms with Gasteiger partial charge in [-0.3, -0.25) is 13.9 Å². The van der Waals surface area contributed by atoms with Crippen LogP contribution in [0.3, 0.4) is 0 Å². The van der Waals surface area contributed by atoms with Crippen LogP contribution in [0.2, 0.25) is 5.02 Å². The summed E-state index contributed by atoms with van der Waals surface area (Å²) >= 11 is 5.93. The smallest absolute Gasteiger partial charge is 0.244 e. The lowest BCUT2D eigenvalue weighted by atomic mass is 10.1. The highest BCUT2D eigenvalue weighted by molar-refractivity contribution is 7.92. The first-order valence-electron chi connectivity index (χ1n) is 9.33. The second-order valence-electron chi connectivity index (χ2n) is 7.04. The second kappa shape index (κ2) is 9.95. The molecule has 0 heterocycles. The number of nitrogens with one attached hydrogen (secondary N) is 1. The van der Waals surface area contributed by atoms with E-state index in [1.165, 1.54) is 11.9 Å². The van der Waals surface area contributed by atoms with E-state index >= 15 is 0 Å². The summed E-state index contributed by atoms with van der Waals surface area (Å²) < 4.78 is 25.8. The number of amides is 2. The summed E-state index contributed by atoms with van der Waals surface area (Å²) in [4.78, 5) is 26.8. The van der Waals surface area contributed by atoms with E-state index in [1.54, 1.807) is 55.5 Å². The van der Waals surface area contributed by atoms with E-state index in [-0.39, 0.29) is 12.5 Å². The van der Waals surface area contributed by atoms with Crippen molar-refractivity contribution in [2.75, 3.05) is 24.2 Å². The number of hydrogen-bond donors (Lipinski definition) is 1. The number of anilines is 1. The van der Waals surface area contributed by atoms with E-state index in [0.717, 1.165) is 21.7 Å². The van der Waals surface area contributed by atoms with Gasteiger partial charge in [-0.2, -0.15) is 0 Å². The van der Waals surface area contributed by atoms with E-state index in [4.69, 9.17) is 11.6 Å². The fourth-order valence-corrected chi connectivity index (χ4v) is 3.88. The maximum absolute atomic E-state index is 13.2. The van der Waals surface area contributed by atoms with Gasteiger partial charge in [0, 0.05) is 18.6 Å². The second-order valence-corrected chi connectivity index (χ2v) is 9.39. The Morgan fingerprint density at radius 2 is 1.63 bits per heavy atom. The molecule has 0 saturated heterocycles. The summed E-state index contributed by atoms with van der Waals surface area (Å²) in [5.74, 6) is -0.842. The maximum Gasteiger partial charge on any atom is 0.244 e. The normalized spacial score (nSPS) is 12.2. The van der Waals surface area contributed by atoms with Crippen molar-refractivity contribution < 1.29 is 18.0 Å². The molecule has 0 aliphatic rings. The van der Waals surface area contributed by atoms with Crippen molar-refractivity contribution in [3.63, 3.8) is 0 Å². The number of hydrogen-bond acceptors (Lipinski definition) is 4. The molecule has 0 unspecified atom stereocenters. The number of rotatable bonds is 8. The minimum Gasteiger partial charge on any atom is -0.357 e. The standard InChI is InChI=1S/C21H26ClN3O4S/c1-15-5-11-19(12-6-15)25(30(4,28)29)14-20(26)24(16(2)21(27)23-3)13-17-7-9-18(22)10-8-17/h5-12,16H,13-14H2,1-4H3,(H,23,27)/t16-/m0/s1. The molecule has 1 N–H and O–H groups in total. The largest absolute Gasteiger partial charge is 0.357 e. The molecular formula is C21H26ClN3O4S. The monoisotopic (exact) mass is 451 g/mol. The van der Waals surface area contributed by atoms with Gasteiger partial charge in [-0.1, -0.05) is 41.4 Å². The first kappa shape index (κ1) is 23.7. The highest BCUT2D eigenvalue weighted by atomic mass is 35.5. The van der Waals surface area contributed by atoms with Gasteiger partial charge in [0.2, 0.25) is 21.8 Å². The third kappa shape index (κ3) is 6.21. The van der Waals surface area contributed by atoms with Gasteiger partial charge in [0.25, 0.3) is 0 Å². The van der Waals surface area contributed by atoms with E-state index in [1.807, 2.05) is 6.92 Å². The lowest BCUT2D eigenvalue weighted by Gasteiger charge is -2.31.